The smallest absolute Gasteiger partial charge is 0.314 e. The van der Waals surface area contributed by atoms with E-state index in [-0.39, 0.29) is 17.8 Å². The third-order valence-corrected chi connectivity index (χ3v) is 2.60. The van der Waals surface area contributed by atoms with E-state index in [2.05, 4.69) is 0 Å². The molecule has 0 aromatic heterocycles. The Morgan fingerprint density at radius 3 is 2.80 bits per heavy atom. The molecule has 0 aliphatic heterocycles. The highest BCUT2D eigenvalue weighted by Gasteiger charge is 2.30. The van der Waals surface area contributed by atoms with Gasteiger partial charge in [-0.15, -0.1) is 0 Å². The number of carbonyl (C=O) groups is 2. The van der Waals surface area contributed by atoms with Crippen molar-refractivity contribution in [3.8, 4) is 0 Å². The molecule has 0 radical (unpaired) electrons. The first-order valence-corrected chi connectivity index (χ1v) is 5.19. The van der Waals surface area contributed by atoms with Crippen LogP contribution in [0.2, 0.25) is 0 Å². The first-order valence-electron chi connectivity index (χ1n) is 5.19. The fourth-order valence-electron chi connectivity index (χ4n) is 1.72. The van der Waals surface area contributed by atoms with E-state index in [0.29, 0.717) is 6.61 Å². The minimum absolute atomic E-state index is 0.0579. The molecule has 0 aromatic rings. The van der Waals surface area contributed by atoms with E-state index in [1.165, 1.54) is 11.8 Å². The Labute approximate surface area is 89.9 Å². The molecule has 0 saturated heterocycles. The maximum atomic E-state index is 11.6. The molecule has 0 heterocycles. The largest absolute Gasteiger partial charge is 0.465 e. The van der Waals surface area contributed by atoms with Crippen LogP contribution in [0.15, 0.2) is 11.8 Å². The number of hydrogen-bond acceptors (Lipinski definition) is 3. The second kappa shape index (κ2) is 4.96. The Hall–Kier alpha value is -1.32. The number of amides is 1. The van der Waals surface area contributed by atoms with Crippen LogP contribution in [0.4, 0.5) is 0 Å². The van der Waals surface area contributed by atoms with Crippen molar-refractivity contribution in [3.05, 3.63) is 11.8 Å². The molecule has 1 aliphatic carbocycles. The first-order chi connectivity index (χ1) is 7.07. The molecule has 0 spiro atoms. The second-order valence-corrected chi connectivity index (χ2v) is 3.59. The molecule has 4 nitrogen and oxygen atoms in total. The van der Waals surface area contributed by atoms with Gasteiger partial charge in [0, 0.05) is 19.7 Å². The van der Waals surface area contributed by atoms with Gasteiger partial charge < -0.3 is 9.64 Å². The van der Waals surface area contributed by atoms with Crippen LogP contribution >= 0.6 is 0 Å². The van der Waals surface area contributed by atoms with E-state index < -0.39 is 0 Å². The third-order valence-electron chi connectivity index (χ3n) is 2.60. The quantitative estimate of drug-likeness (QED) is 0.661. The van der Waals surface area contributed by atoms with E-state index in [9.17, 15) is 9.59 Å². The summed E-state index contributed by atoms with van der Waals surface area (Å²) >= 11 is 0. The number of carbonyl (C=O) groups excluding carboxylic acids is 2. The van der Waals surface area contributed by atoms with Crippen molar-refractivity contribution in [2.75, 3.05) is 13.7 Å². The number of nitrogens with zero attached hydrogens (tertiary/aromatic N) is 1. The van der Waals surface area contributed by atoms with Gasteiger partial charge in [0.05, 0.1) is 12.5 Å². The Morgan fingerprint density at radius 2 is 2.27 bits per heavy atom. The summed E-state index contributed by atoms with van der Waals surface area (Å²) in [5.41, 5.74) is 0.779. The summed E-state index contributed by atoms with van der Waals surface area (Å²) in [4.78, 5) is 24.3. The summed E-state index contributed by atoms with van der Waals surface area (Å²) < 4.78 is 4.97. The molecule has 1 atom stereocenters. The van der Waals surface area contributed by atoms with Crippen LogP contribution < -0.4 is 0 Å². The van der Waals surface area contributed by atoms with Crippen LogP contribution in [0.25, 0.3) is 0 Å². The Morgan fingerprint density at radius 1 is 1.60 bits per heavy atom. The Kier molecular flexibility index (Phi) is 3.88. The molecule has 1 amide bonds. The minimum atomic E-state index is -0.265. The SMILES string of the molecule is CCOC(=O)C1CCC=C1N(C)C(C)=O. The lowest BCUT2D eigenvalue weighted by Gasteiger charge is -2.21. The second-order valence-electron chi connectivity index (χ2n) is 3.59. The molecule has 0 N–H and O–H groups in total. The molecular formula is C11H17NO3. The highest BCUT2D eigenvalue weighted by molar-refractivity contribution is 5.80. The lowest BCUT2D eigenvalue weighted by Crippen LogP contribution is -2.30. The van der Waals surface area contributed by atoms with Gasteiger partial charge >= 0.3 is 5.97 Å². The van der Waals surface area contributed by atoms with Gasteiger partial charge in [0.1, 0.15) is 0 Å². The van der Waals surface area contributed by atoms with Gasteiger partial charge in [0.15, 0.2) is 0 Å². The van der Waals surface area contributed by atoms with Crippen molar-refractivity contribution in [1.82, 2.24) is 4.90 Å². The van der Waals surface area contributed by atoms with E-state index in [1.54, 1.807) is 14.0 Å². The van der Waals surface area contributed by atoms with E-state index in [0.717, 1.165) is 18.5 Å². The van der Waals surface area contributed by atoms with E-state index in [1.807, 2.05) is 6.08 Å². The molecule has 0 aromatic carbocycles. The first kappa shape index (κ1) is 11.8. The summed E-state index contributed by atoms with van der Waals surface area (Å²) in [6.07, 6.45) is 3.51. The molecule has 4 heteroatoms. The van der Waals surface area contributed by atoms with E-state index >= 15 is 0 Å². The average molecular weight is 211 g/mol. The standard InChI is InChI=1S/C11H17NO3/c1-4-15-11(14)9-6-5-7-10(9)12(3)8(2)13/h7,9H,4-6H2,1-3H3. The lowest BCUT2D eigenvalue weighted by molar-refractivity contribution is -0.147. The monoisotopic (exact) mass is 211 g/mol. The molecule has 0 bridgehead atoms. The predicted octanol–water partition coefficient (Wildman–Crippen LogP) is 1.32. The highest BCUT2D eigenvalue weighted by Crippen LogP contribution is 2.28. The molecule has 0 saturated carbocycles. The third kappa shape index (κ3) is 2.58. The maximum Gasteiger partial charge on any atom is 0.314 e. The molecule has 1 aliphatic rings. The molecule has 84 valence electrons. The van der Waals surface area contributed by atoms with Gasteiger partial charge in [-0.25, -0.2) is 0 Å². The van der Waals surface area contributed by atoms with Gasteiger partial charge in [-0.3, -0.25) is 9.59 Å². The van der Waals surface area contributed by atoms with Crippen LogP contribution in [0.1, 0.15) is 26.7 Å². The van der Waals surface area contributed by atoms with Gasteiger partial charge in [-0.1, -0.05) is 6.08 Å². The summed E-state index contributed by atoms with van der Waals surface area (Å²) in [5, 5.41) is 0. The average Bonchev–Trinajstić information content (AvgIpc) is 2.65. The molecule has 1 unspecified atom stereocenters. The molecular weight excluding hydrogens is 194 g/mol. The van der Waals surface area contributed by atoms with Crippen LogP contribution in [-0.2, 0) is 14.3 Å². The topological polar surface area (TPSA) is 46.6 Å². The summed E-state index contributed by atoms with van der Waals surface area (Å²) in [6, 6.07) is 0. The van der Waals surface area contributed by atoms with Crippen molar-refractivity contribution < 1.29 is 14.3 Å². The zero-order valence-electron chi connectivity index (χ0n) is 9.45. The summed E-state index contributed by atoms with van der Waals surface area (Å²) in [7, 11) is 1.69. The molecule has 1 rings (SSSR count). The number of esters is 1. The number of allylic oxidation sites excluding steroid dienone is 1. The molecule has 0 fully saturated rings. The lowest BCUT2D eigenvalue weighted by atomic mass is 10.1. The molecule has 15 heavy (non-hydrogen) atoms. The minimum Gasteiger partial charge on any atom is -0.465 e. The van der Waals surface area contributed by atoms with Crippen LogP contribution in [0, 0.1) is 5.92 Å². The van der Waals surface area contributed by atoms with Crippen molar-refractivity contribution in [1.29, 1.82) is 0 Å². The highest BCUT2D eigenvalue weighted by atomic mass is 16.5. The zero-order valence-corrected chi connectivity index (χ0v) is 9.45. The number of hydrogen-bond donors (Lipinski definition) is 0. The fourth-order valence-corrected chi connectivity index (χ4v) is 1.72. The fraction of sp³-hybridized carbons (Fsp3) is 0.636. The van der Waals surface area contributed by atoms with Gasteiger partial charge in [0.2, 0.25) is 5.91 Å². The van der Waals surface area contributed by atoms with Crippen molar-refractivity contribution in [2.45, 2.75) is 26.7 Å². The Bertz CT molecular complexity index is 296. The number of rotatable bonds is 3. The number of ether oxygens (including phenoxy) is 1. The summed E-state index contributed by atoms with van der Waals surface area (Å²) in [6.45, 7) is 3.65. The maximum absolute atomic E-state index is 11.6. The van der Waals surface area contributed by atoms with Crippen LogP contribution in [0.3, 0.4) is 0 Å². The van der Waals surface area contributed by atoms with Crippen LogP contribution in [0.5, 0.6) is 0 Å². The van der Waals surface area contributed by atoms with E-state index in [4.69, 9.17) is 4.74 Å². The van der Waals surface area contributed by atoms with Gasteiger partial charge in [0.25, 0.3) is 0 Å². The van der Waals surface area contributed by atoms with Gasteiger partial charge in [-0.05, 0) is 19.8 Å². The van der Waals surface area contributed by atoms with Crippen molar-refractivity contribution in [2.24, 2.45) is 5.92 Å². The van der Waals surface area contributed by atoms with Crippen molar-refractivity contribution >= 4 is 11.9 Å². The Balaban J connectivity index is 2.72. The summed E-state index contributed by atoms with van der Waals surface area (Å²) in [5.74, 6) is -0.550. The van der Waals surface area contributed by atoms with Crippen LogP contribution in [-0.4, -0.2) is 30.4 Å². The predicted molar refractivity (Wildman–Crippen MR) is 55.9 cm³/mol. The van der Waals surface area contributed by atoms with Crippen molar-refractivity contribution in [3.63, 3.8) is 0 Å². The zero-order chi connectivity index (χ0) is 11.4. The normalized spacial score (nSPS) is 19.7. The van der Waals surface area contributed by atoms with Gasteiger partial charge in [-0.2, -0.15) is 0 Å².